The zero-order valence-electron chi connectivity index (χ0n) is 37.0. The van der Waals surface area contributed by atoms with Gasteiger partial charge in [0, 0.05) is 67.9 Å². The van der Waals surface area contributed by atoms with E-state index in [0.717, 1.165) is 106 Å². The first-order valence-electron chi connectivity index (χ1n) is 23.1. The Morgan fingerprint density at radius 2 is 0.765 bits per heavy atom. The summed E-state index contributed by atoms with van der Waals surface area (Å²) in [6.07, 6.45) is 0. The van der Waals surface area contributed by atoms with Crippen molar-refractivity contribution in [3.63, 3.8) is 0 Å². The monoisotopic (exact) mass is 870 g/mol. The van der Waals surface area contributed by atoms with Crippen molar-refractivity contribution < 1.29 is 9.15 Å². The number of anilines is 6. The first-order chi connectivity index (χ1) is 33.7. The molecule has 4 nitrogen and oxygen atoms in total. The molecule has 0 saturated heterocycles. The maximum atomic E-state index is 7.07. The summed E-state index contributed by atoms with van der Waals surface area (Å²) in [6, 6.07) is 90.3. The average Bonchev–Trinajstić information content (AvgIpc) is 3.79. The molecule has 68 heavy (non-hydrogen) atoms. The third kappa shape index (κ3) is 6.86. The second-order valence-electron chi connectivity index (χ2n) is 17.3. The largest absolute Gasteiger partial charge is 0.456 e. The van der Waals surface area contributed by atoms with Crippen molar-refractivity contribution in [2.24, 2.45) is 0 Å². The Balaban J connectivity index is 0.914. The predicted molar refractivity (Wildman–Crippen MR) is 282 cm³/mol. The molecular weight excluding hydrogens is 829 g/mol. The number of para-hydroxylation sites is 4. The van der Waals surface area contributed by atoms with Gasteiger partial charge in [-0.1, -0.05) is 170 Å². The number of fused-ring (bicyclic) bond motifs is 5. The zero-order valence-corrected chi connectivity index (χ0v) is 37.0. The van der Waals surface area contributed by atoms with Crippen molar-refractivity contribution in [3.05, 3.63) is 255 Å². The van der Waals surface area contributed by atoms with E-state index in [1.54, 1.807) is 0 Å². The van der Waals surface area contributed by atoms with Gasteiger partial charge in [0.05, 0.1) is 5.69 Å². The van der Waals surface area contributed by atoms with E-state index in [4.69, 9.17) is 9.15 Å². The van der Waals surface area contributed by atoms with Crippen molar-refractivity contribution in [1.82, 2.24) is 0 Å². The lowest BCUT2D eigenvalue weighted by molar-refractivity contribution is 0.487. The Morgan fingerprint density at radius 1 is 0.279 bits per heavy atom. The van der Waals surface area contributed by atoms with E-state index >= 15 is 0 Å². The van der Waals surface area contributed by atoms with Gasteiger partial charge in [-0.15, -0.1) is 0 Å². The van der Waals surface area contributed by atoms with Gasteiger partial charge < -0.3 is 19.0 Å². The molecule has 0 amide bonds. The van der Waals surface area contributed by atoms with Crippen LogP contribution in [0, 0.1) is 0 Å². The van der Waals surface area contributed by atoms with Gasteiger partial charge in [-0.2, -0.15) is 0 Å². The first-order valence-corrected chi connectivity index (χ1v) is 23.1. The normalized spacial score (nSPS) is 11.6. The van der Waals surface area contributed by atoms with Crippen LogP contribution in [0.1, 0.15) is 0 Å². The minimum atomic E-state index is 0.815. The molecule has 0 saturated carbocycles. The summed E-state index contributed by atoms with van der Waals surface area (Å²) in [5, 5.41) is 4.44. The van der Waals surface area contributed by atoms with Crippen LogP contribution in [-0.2, 0) is 0 Å². The lowest BCUT2D eigenvalue weighted by Crippen LogP contribution is -2.11. The van der Waals surface area contributed by atoms with Gasteiger partial charge in [0.1, 0.15) is 22.7 Å². The van der Waals surface area contributed by atoms with E-state index in [-0.39, 0.29) is 0 Å². The number of ether oxygens (including phenoxy) is 1. The van der Waals surface area contributed by atoms with E-state index in [0.29, 0.717) is 0 Å². The Hall–Kier alpha value is -9.12. The van der Waals surface area contributed by atoms with Gasteiger partial charge in [0.2, 0.25) is 0 Å². The average molecular weight is 871 g/mol. The van der Waals surface area contributed by atoms with Crippen molar-refractivity contribution in [2.75, 3.05) is 9.80 Å². The molecule has 0 unspecified atom stereocenters. The molecule has 0 atom stereocenters. The van der Waals surface area contributed by atoms with Gasteiger partial charge in [-0.3, -0.25) is 0 Å². The van der Waals surface area contributed by atoms with Crippen LogP contribution >= 0.6 is 0 Å². The summed E-state index contributed by atoms with van der Waals surface area (Å²) in [5.74, 6) is 1.63. The van der Waals surface area contributed by atoms with Crippen LogP contribution < -0.4 is 14.5 Å². The van der Waals surface area contributed by atoms with Crippen LogP contribution in [0.2, 0.25) is 0 Å². The quantitative estimate of drug-likeness (QED) is 0.144. The fourth-order valence-electron chi connectivity index (χ4n) is 9.98. The van der Waals surface area contributed by atoms with Gasteiger partial charge in [-0.05, 0) is 112 Å². The highest BCUT2D eigenvalue weighted by Gasteiger charge is 2.25. The summed E-state index contributed by atoms with van der Waals surface area (Å²) in [5.41, 5.74) is 17.1. The summed E-state index contributed by atoms with van der Waals surface area (Å²) < 4.78 is 13.5. The fourth-order valence-corrected chi connectivity index (χ4v) is 9.98. The van der Waals surface area contributed by atoms with Gasteiger partial charge in [0.15, 0.2) is 0 Å². The molecule has 0 spiro atoms. The molecule has 12 aromatic rings. The SMILES string of the molecule is c1ccc(-c2ccc(-c3ccc(N(c4ccc(-c5cccc6c5oc5ccccc56)cc4)c4cc5c6c(cccc6c4)-c4ccc(N(c6ccccc6)c6ccccc6)cc4O5)cc3)cc2)cc1. The lowest BCUT2D eigenvalue weighted by Gasteiger charge is -2.30. The fraction of sp³-hybridized carbons (Fsp3) is 0. The molecule has 13 rings (SSSR count). The highest BCUT2D eigenvalue weighted by atomic mass is 16.5. The molecular formula is C64H42N2O2. The molecule has 2 heterocycles. The number of hydrogen-bond acceptors (Lipinski definition) is 4. The third-order valence-electron chi connectivity index (χ3n) is 13.2. The van der Waals surface area contributed by atoms with Crippen LogP contribution in [0.15, 0.2) is 259 Å². The Kier molecular flexibility index (Phi) is 9.47. The number of nitrogens with zero attached hydrogens (tertiary/aromatic N) is 2. The molecule has 0 aliphatic carbocycles. The smallest absolute Gasteiger partial charge is 0.143 e. The van der Waals surface area contributed by atoms with Crippen LogP contribution in [0.25, 0.3) is 77.2 Å². The minimum absolute atomic E-state index is 0.815. The van der Waals surface area contributed by atoms with E-state index in [1.807, 2.05) is 12.1 Å². The summed E-state index contributed by atoms with van der Waals surface area (Å²) >= 11 is 0. The van der Waals surface area contributed by atoms with Gasteiger partial charge >= 0.3 is 0 Å². The Bertz CT molecular complexity index is 3750. The van der Waals surface area contributed by atoms with E-state index in [2.05, 4.69) is 252 Å². The van der Waals surface area contributed by atoms with Gasteiger partial charge in [-0.25, -0.2) is 0 Å². The van der Waals surface area contributed by atoms with Crippen molar-refractivity contribution in [2.45, 2.75) is 0 Å². The molecule has 0 radical (unpaired) electrons. The molecule has 1 aliphatic rings. The lowest BCUT2D eigenvalue weighted by atomic mass is 9.93. The second-order valence-corrected chi connectivity index (χ2v) is 17.3. The summed E-state index contributed by atoms with van der Waals surface area (Å²) in [4.78, 5) is 4.61. The highest BCUT2D eigenvalue weighted by molar-refractivity contribution is 6.10. The Morgan fingerprint density at radius 3 is 1.44 bits per heavy atom. The number of hydrogen-bond donors (Lipinski definition) is 0. The van der Waals surface area contributed by atoms with Crippen molar-refractivity contribution >= 4 is 66.8 Å². The molecule has 4 heteroatoms. The molecule has 0 fully saturated rings. The Labute approximate surface area is 394 Å². The third-order valence-corrected chi connectivity index (χ3v) is 13.2. The molecule has 0 N–H and O–H groups in total. The van der Waals surface area contributed by atoms with Crippen LogP contribution in [0.3, 0.4) is 0 Å². The molecule has 1 aliphatic heterocycles. The number of rotatable bonds is 9. The standard InChI is InChI=1S/C64H42N2O2/c1-4-14-43(15-5-1)44-26-28-45(29-27-44)46-30-34-51(35-31-46)66(52-36-32-47(33-37-52)55-22-13-24-59-56-21-10-11-25-60(56)68-64(55)59)54-40-48-16-12-23-58-57-39-38-53(41-61(57)67-62(42-54)63(48)58)65(49-17-6-2-7-18-49)50-19-8-3-9-20-50/h1-42H. The highest BCUT2D eigenvalue weighted by Crippen LogP contribution is 2.51. The van der Waals surface area contributed by atoms with Crippen molar-refractivity contribution in [3.8, 4) is 56.0 Å². The predicted octanol–water partition coefficient (Wildman–Crippen LogP) is 18.5. The summed E-state index contributed by atoms with van der Waals surface area (Å²) in [7, 11) is 0. The van der Waals surface area contributed by atoms with Gasteiger partial charge in [0.25, 0.3) is 0 Å². The topological polar surface area (TPSA) is 28.9 Å². The van der Waals surface area contributed by atoms with E-state index in [1.165, 1.54) is 16.7 Å². The first kappa shape index (κ1) is 39.3. The molecule has 1 aromatic heterocycles. The zero-order chi connectivity index (χ0) is 45.0. The van der Waals surface area contributed by atoms with Crippen molar-refractivity contribution in [1.29, 1.82) is 0 Å². The van der Waals surface area contributed by atoms with Crippen LogP contribution in [-0.4, -0.2) is 0 Å². The maximum absolute atomic E-state index is 7.07. The molecule has 320 valence electrons. The van der Waals surface area contributed by atoms with Crippen LogP contribution in [0.4, 0.5) is 34.1 Å². The number of furan rings is 1. The minimum Gasteiger partial charge on any atom is -0.456 e. The van der Waals surface area contributed by atoms with Crippen LogP contribution in [0.5, 0.6) is 11.5 Å². The second kappa shape index (κ2) is 16.4. The number of benzene rings is 11. The summed E-state index contributed by atoms with van der Waals surface area (Å²) in [6.45, 7) is 0. The molecule has 0 bridgehead atoms. The maximum Gasteiger partial charge on any atom is 0.143 e. The molecule has 11 aromatic carbocycles. The van der Waals surface area contributed by atoms with E-state index in [9.17, 15) is 0 Å². The van der Waals surface area contributed by atoms with E-state index < -0.39 is 0 Å².